The first kappa shape index (κ1) is 27.6. The minimum absolute atomic E-state index is 0.154. The van der Waals surface area contributed by atoms with E-state index in [1.165, 1.54) is 23.9 Å². The van der Waals surface area contributed by atoms with Crippen LogP contribution in [0.1, 0.15) is 54.1 Å². The van der Waals surface area contributed by atoms with Crippen LogP contribution < -0.4 is 10.2 Å². The molecule has 0 fully saturated rings. The van der Waals surface area contributed by atoms with E-state index in [0.717, 1.165) is 33.8 Å². The monoisotopic (exact) mass is 557 g/mol. The minimum Gasteiger partial charge on any atom is -0.349 e. The maximum atomic E-state index is 13.9. The summed E-state index contributed by atoms with van der Waals surface area (Å²) >= 11 is 1.47. The first-order chi connectivity index (χ1) is 19.1. The van der Waals surface area contributed by atoms with Gasteiger partial charge >= 0.3 is 0 Å². The quantitative estimate of drug-likeness (QED) is 0.339. The van der Waals surface area contributed by atoms with E-state index in [4.69, 9.17) is 5.10 Å². The van der Waals surface area contributed by atoms with Crippen molar-refractivity contribution in [3.05, 3.63) is 107 Å². The molecule has 1 atom stereocenters. The summed E-state index contributed by atoms with van der Waals surface area (Å²) in [6.07, 6.45) is 1.67. The van der Waals surface area contributed by atoms with Crippen molar-refractivity contribution in [3.8, 4) is 5.69 Å². The zero-order valence-electron chi connectivity index (χ0n) is 23.0. The van der Waals surface area contributed by atoms with Gasteiger partial charge in [-0.2, -0.15) is 5.10 Å². The smallest absolute Gasteiger partial charge is 0.240 e. The van der Waals surface area contributed by atoms with Gasteiger partial charge in [-0.25, -0.2) is 9.07 Å². The molecular formula is C31H32FN5O2S. The molecule has 1 unspecified atom stereocenters. The molecule has 3 heterocycles. The standard InChI is InChI=1S/C31H32FN5O2S/c1-20-8-7-10-24(16-20)37-30-27(29(35-37)31(2,3)4)28(21-11-13-22(32)14-12-21)40-19-26(39)36(30)18-25(38)34-17-23-9-5-6-15-33-23/h5-16,28H,17-19H2,1-4H3,(H,34,38). The van der Waals surface area contributed by atoms with Gasteiger partial charge in [-0.15, -0.1) is 11.8 Å². The van der Waals surface area contributed by atoms with Gasteiger partial charge in [0, 0.05) is 17.2 Å². The third kappa shape index (κ3) is 5.79. The van der Waals surface area contributed by atoms with Gasteiger partial charge in [0.15, 0.2) is 0 Å². The lowest BCUT2D eigenvalue weighted by atomic mass is 9.87. The fourth-order valence-electron chi connectivity index (χ4n) is 4.80. The number of aryl methyl sites for hydroxylation is 1. The SMILES string of the molecule is Cc1cccc(-n2nc(C(C)(C)C)c3c2N(CC(=O)NCc2ccccn2)C(=O)CSC3c2ccc(F)cc2)c1. The average molecular weight is 558 g/mol. The Morgan fingerprint density at radius 3 is 2.55 bits per heavy atom. The zero-order chi connectivity index (χ0) is 28.4. The van der Waals surface area contributed by atoms with E-state index in [1.807, 2.05) is 49.4 Å². The number of nitrogens with zero attached hydrogens (tertiary/aromatic N) is 4. The number of rotatable bonds is 6. The number of carbonyl (C=O) groups is 2. The summed E-state index contributed by atoms with van der Waals surface area (Å²) in [4.78, 5) is 32.8. The molecule has 0 saturated carbocycles. The molecule has 1 N–H and O–H groups in total. The Morgan fingerprint density at radius 1 is 1.10 bits per heavy atom. The van der Waals surface area contributed by atoms with E-state index < -0.39 is 0 Å². The molecule has 4 aromatic rings. The third-order valence-corrected chi connectivity index (χ3v) is 7.97. The molecule has 0 bridgehead atoms. The van der Waals surface area contributed by atoms with E-state index in [0.29, 0.717) is 5.82 Å². The van der Waals surface area contributed by atoms with Crippen LogP contribution in [0.2, 0.25) is 0 Å². The molecule has 2 aromatic heterocycles. The van der Waals surface area contributed by atoms with E-state index in [2.05, 4.69) is 31.1 Å². The number of pyridine rings is 1. The van der Waals surface area contributed by atoms with Crippen LogP contribution in [0.3, 0.4) is 0 Å². The van der Waals surface area contributed by atoms with Crippen LogP contribution in [-0.4, -0.2) is 38.9 Å². The average Bonchev–Trinajstić information content (AvgIpc) is 3.27. The molecule has 40 heavy (non-hydrogen) atoms. The number of anilines is 1. The summed E-state index contributed by atoms with van der Waals surface area (Å²) in [7, 11) is 0. The fraction of sp³-hybridized carbons (Fsp3) is 0.290. The molecule has 0 radical (unpaired) electrons. The number of carbonyl (C=O) groups excluding carboxylic acids is 2. The Labute approximate surface area is 237 Å². The molecule has 2 amide bonds. The van der Waals surface area contributed by atoms with Gasteiger partial charge in [0.2, 0.25) is 11.8 Å². The second-order valence-corrected chi connectivity index (χ2v) is 12.0. The number of hydrogen-bond acceptors (Lipinski definition) is 5. The molecule has 2 aromatic carbocycles. The lowest BCUT2D eigenvalue weighted by Crippen LogP contribution is -2.42. The highest BCUT2D eigenvalue weighted by atomic mass is 32.2. The van der Waals surface area contributed by atoms with Gasteiger partial charge in [-0.1, -0.05) is 51.1 Å². The maximum Gasteiger partial charge on any atom is 0.240 e. The van der Waals surface area contributed by atoms with Crippen molar-refractivity contribution in [3.63, 3.8) is 0 Å². The van der Waals surface area contributed by atoms with Gasteiger partial charge in [0.05, 0.1) is 34.6 Å². The maximum absolute atomic E-state index is 13.9. The summed E-state index contributed by atoms with van der Waals surface area (Å²) in [5.74, 6) is -0.103. The number of nitrogens with one attached hydrogen (secondary N) is 1. The summed E-state index contributed by atoms with van der Waals surface area (Å²) in [5.41, 5.74) is 4.74. The molecule has 9 heteroatoms. The van der Waals surface area contributed by atoms with Crippen LogP contribution >= 0.6 is 11.8 Å². The third-order valence-electron chi connectivity index (χ3n) is 6.71. The van der Waals surface area contributed by atoms with E-state index in [9.17, 15) is 14.0 Å². The van der Waals surface area contributed by atoms with Crippen molar-refractivity contribution in [2.45, 2.75) is 44.9 Å². The van der Waals surface area contributed by atoms with Crippen molar-refractivity contribution in [1.29, 1.82) is 0 Å². The van der Waals surface area contributed by atoms with Crippen LogP contribution in [0.25, 0.3) is 5.69 Å². The van der Waals surface area contributed by atoms with Crippen LogP contribution in [0.15, 0.2) is 72.9 Å². The van der Waals surface area contributed by atoms with Crippen molar-refractivity contribution < 1.29 is 14.0 Å². The predicted molar refractivity (Wildman–Crippen MR) is 156 cm³/mol. The normalized spacial score (nSPS) is 15.5. The van der Waals surface area contributed by atoms with Gasteiger partial charge in [0.1, 0.15) is 18.2 Å². The minimum atomic E-state index is -0.377. The largest absolute Gasteiger partial charge is 0.349 e. The van der Waals surface area contributed by atoms with Gasteiger partial charge in [-0.3, -0.25) is 19.5 Å². The molecule has 1 aliphatic rings. The van der Waals surface area contributed by atoms with Crippen LogP contribution in [-0.2, 0) is 21.5 Å². The molecule has 1 aliphatic heterocycles. The van der Waals surface area contributed by atoms with Gasteiger partial charge in [0.25, 0.3) is 0 Å². The molecule has 0 saturated heterocycles. The van der Waals surface area contributed by atoms with Crippen LogP contribution in [0.4, 0.5) is 10.2 Å². The summed E-state index contributed by atoms with van der Waals surface area (Å²) < 4.78 is 15.7. The first-order valence-corrected chi connectivity index (χ1v) is 14.2. The first-order valence-electron chi connectivity index (χ1n) is 13.2. The lowest BCUT2D eigenvalue weighted by molar-refractivity contribution is -0.123. The summed E-state index contributed by atoms with van der Waals surface area (Å²) in [6.45, 7) is 8.33. The number of fused-ring (bicyclic) bond motifs is 1. The Bertz CT molecular complexity index is 1530. The van der Waals surface area contributed by atoms with Crippen LogP contribution in [0.5, 0.6) is 0 Å². The van der Waals surface area contributed by atoms with E-state index in [-0.39, 0.29) is 47.1 Å². The molecular weight excluding hydrogens is 525 g/mol. The number of aromatic nitrogens is 3. The van der Waals surface area contributed by atoms with Crippen molar-refractivity contribution >= 4 is 29.4 Å². The molecule has 7 nitrogen and oxygen atoms in total. The second kappa shape index (κ2) is 11.3. The van der Waals surface area contributed by atoms with E-state index in [1.54, 1.807) is 27.9 Å². The predicted octanol–water partition coefficient (Wildman–Crippen LogP) is 5.50. The highest BCUT2D eigenvalue weighted by Crippen LogP contribution is 2.48. The highest BCUT2D eigenvalue weighted by molar-refractivity contribution is 8.00. The Morgan fingerprint density at radius 2 is 1.88 bits per heavy atom. The number of benzene rings is 2. The van der Waals surface area contributed by atoms with Gasteiger partial charge in [-0.05, 0) is 54.4 Å². The molecule has 206 valence electrons. The summed E-state index contributed by atoms with van der Waals surface area (Å²) in [6, 6.07) is 19.8. The van der Waals surface area contributed by atoms with Crippen molar-refractivity contribution in [2.24, 2.45) is 0 Å². The Hall–Kier alpha value is -3.98. The fourth-order valence-corrected chi connectivity index (χ4v) is 6.00. The Balaban J connectivity index is 1.65. The van der Waals surface area contributed by atoms with Crippen molar-refractivity contribution in [2.75, 3.05) is 17.2 Å². The van der Waals surface area contributed by atoms with Gasteiger partial charge < -0.3 is 5.32 Å². The number of hydrogen-bond donors (Lipinski definition) is 1. The number of halogens is 1. The Kier molecular flexibility index (Phi) is 7.76. The molecule has 5 rings (SSSR count). The molecule has 0 spiro atoms. The lowest BCUT2D eigenvalue weighted by Gasteiger charge is -2.24. The topological polar surface area (TPSA) is 80.1 Å². The van der Waals surface area contributed by atoms with Crippen molar-refractivity contribution in [1.82, 2.24) is 20.1 Å². The number of thioether (sulfide) groups is 1. The second-order valence-electron chi connectivity index (χ2n) is 10.9. The van der Waals surface area contributed by atoms with E-state index >= 15 is 0 Å². The summed E-state index contributed by atoms with van der Waals surface area (Å²) in [5, 5.41) is 7.70. The number of amides is 2. The van der Waals surface area contributed by atoms with Crippen LogP contribution in [0, 0.1) is 12.7 Å². The highest BCUT2D eigenvalue weighted by Gasteiger charge is 2.40. The molecule has 0 aliphatic carbocycles. The zero-order valence-corrected chi connectivity index (χ0v) is 23.8.